The molecule has 3 heterocycles. The van der Waals surface area contributed by atoms with Crippen LogP contribution in [0.25, 0.3) is 0 Å². The molecule has 1 amide bonds. The van der Waals surface area contributed by atoms with Gasteiger partial charge in [0.25, 0.3) is 5.91 Å². The number of carbonyl (C=O) groups excluding carboxylic acids is 1. The number of ether oxygens (including phenoxy) is 3. The standard InChI is InChI=1S/C19H21N3O4/c1-24-15-4-2-13(3-5-15)8-18-20-9-14-10-22(11-16(14)21-18)19(23)17-12-25-6-7-26-17/h2-5,9,17H,6-8,10-12H2,1H3/t17-/m1/s1. The minimum Gasteiger partial charge on any atom is -0.497 e. The highest BCUT2D eigenvalue weighted by atomic mass is 16.6. The van der Waals surface area contributed by atoms with Gasteiger partial charge in [0.15, 0.2) is 6.10 Å². The van der Waals surface area contributed by atoms with Crippen LogP contribution in [0.15, 0.2) is 30.5 Å². The van der Waals surface area contributed by atoms with Crippen LogP contribution in [0.1, 0.15) is 22.6 Å². The van der Waals surface area contributed by atoms with Crippen LogP contribution >= 0.6 is 0 Å². The van der Waals surface area contributed by atoms with Crippen molar-refractivity contribution in [1.29, 1.82) is 0 Å². The Morgan fingerprint density at radius 2 is 2.12 bits per heavy atom. The quantitative estimate of drug-likeness (QED) is 0.824. The molecule has 1 aromatic carbocycles. The van der Waals surface area contributed by atoms with E-state index in [4.69, 9.17) is 14.2 Å². The molecule has 1 fully saturated rings. The molecule has 0 radical (unpaired) electrons. The summed E-state index contributed by atoms with van der Waals surface area (Å²) in [6.07, 6.45) is 1.96. The monoisotopic (exact) mass is 355 g/mol. The van der Waals surface area contributed by atoms with E-state index in [0.29, 0.717) is 39.3 Å². The van der Waals surface area contributed by atoms with Crippen molar-refractivity contribution in [2.75, 3.05) is 26.9 Å². The fourth-order valence-corrected chi connectivity index (χ4v) is 3.20. The number of rotatable bonds is 4. The Bertz CT molecular complexity index is 788. The van der Waals surface area contributed by atoms with Gasteiger partial charge in [-0.3, -0.25) is 4.79 Å². The molecular formula is C19H21N3O4. The summed E-state index contributed by atoms with van der Waals surface area (Å²) < 4.78 is 16.0. The maximum absolute atomic E-state index is 12.6. The lowest BCUT2D eigenvalue weighted by Crippen LogP contribution is -2.43. The molecule has 7 nitrogen and oxygen atoms in total. The molecule has 0 bridgehead atoms. The van der Waals surface area contributed by atoms with E-state index in [1.807, 2.05) is 30.5 Å². The first-order valence-corrected chi connectivity index (χ1v) is 8.67. The molecular weight excluding hydrogens is 334 g/mol. The highest BCUT2D eigenvalue weighted by Crippen LogP contribution is 2.23. The Morgan fingerprint density at radius 3 is 2.85 bits per heavy atom. The highest BCUT2D eigenvalue weighted by Gasteiger charge is 2.32. The average molecular weight is 355 g/mol. The first kappa shape index (κ1) is 16.9. The van der Waals surface area contributed by atoms with Crippen molar-refractivity contribution < 1.29 is 19.0 Å². The first-order chi connectivity index (χ1) is 12.7. The van der Waals surface area contributed by atoms with E-state index in [9.17, 15) is 4.79 Å². The van der Waals surface area contributed by atoms with Crippen molar-refractivity contribution >= 4 is 5.91 Å². The summed E-state index contributed by atoms with van der Waals surface area (Å²) in [6.45, 7) is 2.34. The van der Waals surface area contributed by atoms with Crippen LogP contribution in [-0.4, -0.2) is 53.8 Å². The van der Waals surface area contributed by atoms with Gasteiger partial charge in [0, 0.05) is 24.7 Å². The zero-order chi connectivity index (χ0) is 17.9. The van der Waals surface area contributed by atoms with Gasteiger partial charge in [-0.25, -0.2) is 9.97 Å². The lowest BCUT2D eigenvalue weighted by molar-refractivity contribution is -0.158. The van der Waals surface area contributed by atoms with Crippen LogP contribution in [0, 0.1) is 0 Å². The third-order valence-corrected chi connectivity index (χ3v) is 4.63. The van der Waals surface area contributed by atoms with E-state index >= 15 is 0 Å². The van der Waals surface area contributed by atoms with Crippen LogP contribution in [0.3, 0.4) is 0 Å². The zero-order valence-corrected chi connectivity index (χ0v) is 14.7. The van der Waals surface area contributed by atoms with Gasteiger partial charge in [-0.1, -0.05) is 12.1 Å². The molecule has 0 saturated carbocycles. The molecule has 4 rings (SSSR count). The number of carbonyl (C=O) groups is 1. The van der Waals surface area contributed by atoms with Gasteiger partial charge >= 0.3 is 0 Å². The summed E-state index contributed by atoms with van der Waals surface area (Å²) in [5.74, 6) is 1.53. The molecule has 0 unspecified atom stereocenters. The fraction of sp³-hybridized carbons (Fsp3) is 0.421. The molecule has 1 aromatic heterocycles. The Morgan fingerprint density at radius 1 is 1.27 bits per heavy atom. The number of benzene rings is 1. The van der Waals surface area contributed by atoms with Crippen molar-refractivity contribution in [3.05, 3.63) is 53.1 Å². The van der Waals surface area contributed by atoms with Gasteiger partial charge in [0.2, 0.25) is 0 Å². The molecule has 136 valence electrons. The fourth-order valence-electron chi connectivity index (χ4n) is 3.20. The third-order valence-electron chi connectivity index (χ3n) is 4.63. The largest absolute Gasteiger partial charge is 0.497 e. The number of hydrogen-bond acceptors (Lipinski definition) is 6. The van der Waals surface area contributed by atoms with Crippen molar-refractivity contribution in [2.45, 2.75) is 25.6 Å². The smallest absolute Gasteiger partial charge is 0.254 e. The maximum Gasteiger partial charge on any atom is 0.254 e. The van der Waals surface area contributed by atoms with Crippen molar-refractivity contribution in [3.8, 4) is 5.75 Å². The molecule has 2 aromatic rings. The summed E-state index contributed by atoms with van der Waals surface area (Å²) >= 11 is 0. The lowest BCUT2D eigenvalue weighted by Gasteiger charge is -2.26. The topological polar surface area (TPSA) is 73.8 Å². The van der Waals surface area contributed by atoms with Gasteiger partial charge < -0.3 is 19.1 Å². The molecule has 7 heteroatoms. The van der Waals surface area contributed by atoms with E-state index in [0.717, 1.165) is 28.4 Å². The normalized spacial score (nSPS) is 19.3. The predicted octanol–water partition coefficient (Wildman–Crippen LogP) is 1.33. The Balaban J connectivity index is 1.43. The van der Waals surface area contributed by atoms with E-state index in [-0.39, 0.29) is 5.91 Å². The third kappa shape index (κ3) is 3.54. The van der Waals surface area contributed by atoms with Crippen LogP contribution in [0.2, 0.25) is 0 Å². The number of aromatic nitrogens is 2. The average Bonchev–Trinajstić information content (AvgIpc) is 3.12. The van der Waals surface area contributed by atoms with Gasteiger partial charge in [-0.2, -0.15) is 0 Å². The van der Waals surface area contributed by atoms with Crippen molar-refractivity contribution in [3.63, 3.8) is 0 Å². The molecule has 26 heavy (non-hydrogen) atoms. The summed E-state index contributed by atoms with van der Waals surface area (Å²) in [4.78, 5) is 23.4. The Kier molecular flexibility index (Phi) is 4.81. The molecule has 1 atom stereocenters. The maximum atomic E-state index is 12.6. The molecule has 2 aliphatic heterocycles. The van der Waals surface area contributed by atoms with E-state index in [2.05, 4.69) is 9.97 Å². The second-order valence-corrected chi connectivity index (χ2v) is 6.41. The number of hydrogen-bond donors (Lipinski definition) is 0. The van der Waals surface area contributed by atoms with E-state index in [1.54, 1.807) is 12.0 Å². The Labute approximate surface area is 151 Å². The van der Waals surface area contributed by atoms with Crippen LogP contribution in [0.5, 0.6) is 5.75 Å². The molecule has 0 spiro atoms. The van der Waals surface area contributed by atoms with Crippen molar-refractivity contribution in [2.24, 2.45) is 0 Å². The predicted molar refractivity (Wildman–Crippen MR) is 92.6 cm³/mol. The van der Waals surface area contributed by atoms with Gasteiger partial charge in [0.1, 0.15) is 11.6 Å². The van der Waals surface area contributed by atoms with Crippen LogP contribution in [0.4, 0.5) is 0 Å². The van der Waals surface area contributed by atoms with Gasteiger partial charge in [0.05, 0.1) is 39.2 Å². The molecule has 2 aliphatic rings. The van der Waals surface area contributed by atoms with Gasteiger partial charge in [-0.15, -0.1) is 0 Å². The van der Waals surface area contributed by atoms with Gasteiger partial charge in [-0.05, 0) is 17.7 Å². The highest BCUT2D eigenvalue weighted by molar-refractivity contribution is 5.81. The summed E-state index contributed by atoms with van der Waals surface area (Å²) in [7, 11) is 1.65. The van der Waals surface area contributed by atoms with E-state index < -0.39 is 6.10 Å². The minimum atomic E-state index is -0.509. The molecule has 0 aliphatic carbocycles. The molecule has 0 N–H and O–H groups in total. The first-order valence-electron chi connectivity index (χ1n) is 8.67. The van der Waals surface area contributed by atoms with E-state index in [1.165, 1.54) is 0 Å². The number of nitrogens with zero attached hydrogens (tertiary/aromatic N) is 3. The summed E-state index contributed by atoms with van der Waals surface area (Å²) in [5, 5.41) is 0. The lowest BCUT2D eigenvalue weighted by atomic mass is 10.1. The number of methoxy groups -OCH3 is 1. The minimum absolute atomic E-state index is 0.0422. The second-order valence-electron chi connectivity index (χ2n) is 6.41. The summed E-state index contributed by atoms with van der Waals surface area (Å²) in [6, 6.07) is 7.86. The SMILES string of the molecule is COc1ccc(Cc2ncc3c(n2)CN(C(=O)[C@H]2COCCO2)C3)cc1. The number of amides is 1. The van der Waals surface area contributed by atoms with Crippen LogP contribution in [-0.2, 0) is 33.8 Å². The zero-order valence-electron chi connectivity index (χ0n) is 14.7. The van der Waals surface area contributed by atoms with Crippen LogP contribution < -0.4 is 4.74 Å². The Hall–Kier alpha value is -2.51. The van der Waals surface area contributed by atoms with Crippen molar-refractivity contribution in [1.82, 2.24) is 14.9 Å². The second kappa shape index (κ2) is 7.39. The molecule has 1 saturated heterocycles. The summed E-state index contributed by atoms with van der Waals surface area (Å²) in [5.41, 5.74) is 3.02. The number of fused-ring (bicyclic) bond motifs is 1.